The summed E-state index contributed by atoms with van der Waals surface area (Å²) in [6, 6.07) is 4.49. The minimum atomic E-state index is -0.470. The predicted molar refractivity (Wildman–Crippen MR) is 70.8 cm³/mol. The number of thiocarbonyl (C=S) groups is 1. The first kappa shape index (κ1) is 12.4. The standard InChI is InChI=1S/C13H10FNO2S/c1-17-11-4-2-8(7-10(11)14)6-9-3-5-12(18)15-13(9)16/h2-7H,1H3,(H,15,16,18)/b9-6+. The molecule has 0 aromatic heterocycles. The highest BCUT2D eigenvalue weighted by molar-refractivity contribution is 7.80. The molecule has 1 aromatic rings. The summed E-state index contributed by atoms with van der Waals surface area (Å²) in [5, 5.41) is 2.51. The zero-order chi connectivity index (χ0) is 13.1. The van der Waals surface area contributed by atoms with Gasteiger partial charge >= 0.3 is 0 Å². The Hall–Kier alpha value is -2.01. The van der Waals surface area contributed by atoms with Crippen molar-refractivity contribution in [2.24, 2.45) is 0 Å². The van der Waals surface area contributed by atoms with Crippen molar-refractivity contribution in [3.63, 3.8) is 0 Å². The molecule has 0 spiro atoms. The molecule has 0 saturated heterocycles. The number of benzene rings is 1. The second kappa shape index (κ2) is 5.10. The molecule has 1 heterocycles. The van der Waals surface area contributed by atoms with E-state index in [9.17, 15) is 9.18 Å². The Morgan fingerprint density at radius 2 is 2.17 bits per heavy atom. The third-order valence-corrected chi connectivity index (χ3v) is 2.65. The Morgan fingerprint density at radius 3 is 2.78 bits per heavy atom. The van der Waals surface area contributed by atoms with Crippen LogP contribution >= 0.6 is 12.2 Å². The van der Waals surface area contributed by atoms with Crippen molar-refractivity contribution in [1.29, 1.82) is 0 Å². The van der Waals surface area contributed by atoms with Gasteiger partial charge in [-0.2, -0.15) is 0 Å². The molecule has 1 N–H and O–H groups in total. The number of hydrogen-bond acceptors (Lipinski definition) is 3. The number of methoxy groups -OCH3 is 1. The van der Waals surface area contributed by atoms with Crippen molar-refractivity contribution in [3.05, 3.63) is 47.3 Å². The van der Waals surface area contributed by atoms with E-state index in [1.165, 1.54) is 19.2 Å². The number of rotatable bonds is 2. The van der Waals surface area contributed by atoms with Gasteiger partial charge in [0.25, 0.3) is 5.91 Å². The van der Waals surface area contributed by atoms with Crippen LogP contribution in [0.25, 0.3) is 6.08 Å². The molecule has 1 aromatic carbocycles. The van der Waals surface area contributed by atoms with Crippen molar-refractivity contribution in [2.45, 2.75) is 0 Å². The number of carbonyl (C=O) groups is 1. The average molecular weight is 263 g/mol. The van der Waals surface area contributed by atoms with Crippen LogP contribution in [-0.2, 0) is 4.79 Å². The molecule has 5 heteroatoms. The van der Waals surface area contributed by atoms with Crippen LogP contribution < -0.4 is 10.1 Å². The van der Waals surface area contributed by atoms with E-state index in [1.54, 1.807) is 24.3 Å². The van der Waals surface area contributed by atoms with E-state index in [0.29, 0.717) is 16.1 Å². The summed E-state index contributed by atoms with van der Waals surface area (Å²) in [5.41, 5.74) is 1.00. The molecule has 1 amide bonds. The molecular weight excluding hydrogens is 253 g/mol. The zero-order valence-electron chi connectivity index (χ0n) is 9.57. The van der Waals surface area contributed by atoms with E-state index in [1.807, 2.05) is 0 Å². The molecular formula is C13H10FNO2S. The minimum absolute atomic E-state index is 0.168. The molecule has 0 bridgehead atoms. The lowest BCUT2D eigenvalue weighted by atomic mass is 10.1. The lowest BCUT2D eigenvalue weighted by Crippen LogP contribution is -2.31. The summed E-state index contributed by atoms with van der Waals surface area (Å²) in [4.78, 5) is 12.0. The van der Waals surface area contributed by atoms with Gasteiger partial charge in [0.05, 0.1) is 7.11 Å². The first-order chi connectivity index (χ1) is 8.60. The van der Waals surface area contributed by atoms with Gasteiger partial charge in [-0.1, -0.05) is 18.3 Å². The fourth-order valence-corrected chi connectivity index (χ4v) is 1.69. The maximum atomic E-state index is 13.5. The number of ether oxygens (including phenoxy) is 1. The normalized spacial score (nSPS) is 16.9. The molecule has 3 nitrogen and oxygen atoms in total. The van der Waals surface area contributed by atoms with Crippen LogP contribution in [0.5, 0.6) is 5.75 Å². The fourth-order valence-electron chi connectivity index (χ4n) is 1.53. The van der Waals surface area contributed by atoms with Gasteiger partial charge in [0.2, 0.25) is 0 Å². The lowest BCUT2D eigenvalue weighted by molar-refractivity contribution is -0.115. The van der Waals surface area contributed by atoms with Crippen LogP contribution in [0.3, 0.4) is 0 Å². The summed E-state index contributed by atoms with van der Waals surface area (Å²) in [6.45, 7) is 0. The molecule has 0 atom stereocenters. The summed E-state index contributed by atoms with van der Waals surface area (Å²) < 4.78 is 18.3. The number of halogens is 1. The van der Waals surface area contributed by atoms with Crippen LogP contribution in [0.1, 0.15) is 5.56 Å². The smallest absolute Gasteiger partial charge is 0.256 e. The SMILES string of the molecule is COc1ccc(/C=C2\C=CC(=S)NC2=O)cc1F. The Bertz CT molecular complexity index is 578. The Morgan fingerprint density at radius 1 is 1.39 bits per heavy atom. The minimum Gasteiger partial charge on any atom is -0.494 e. The van der Waals surface area contributed by atoms with Gasteiger partial charge < -0.3 is 10.1 Å². The van der Waals surface area contributed by atoms with E-state index in [4.69, 9.17) is 17.0 Å². The molecule has 92 valence electrons. The van der Waals surface area contributed by atoms with Crippen molar-refractivity contribution in [3.8, 4) is 5.75 Å². The Balaban J connectivity index is 2.33. The molecule has 0 aliphatic carbocycles. The highest BCUT2D eigenvalue weighted by Crippen LogP contribution is 2.20. The van der Waals surface area contributed by atoms with E-state index >= 15 is 0 Å². The topological polar surface area (TPSA) is 38.3 Å². The first-order valence-electron chi connectivity index (χ1n) is 5.19. The zero-order valence-corrected chi connectivity index (χ0v) is 10.4. The van der Waals surface area contributed by atoms with Crippen molar-refractivity contribution < 1.29 is 13.9 Å². The highest BCUT2D eigenvalue weighted by atomic mass is 32.1. The van der Waals surface area contributed by atoms with Crippen LogP contribution in [0.2, 0.25) is 0 Å². The molecule has 2 rings (SSSR count). The van der Waals surface area contributed by atoms with Crippen molar-refractivity contribution in [1.82, 2.24) is 5.32 Å². The Kier molecular flexibility index (Phi) is 3.53. The number of hydrogen-bond donors (Lipinski definition) is 1. The molecule has 0 unspecified atom stereocenters. The summed E-state index contributed by atoms with van der Waals surface area (Å²) in [7, 11) is 1.40. The number of carbonyl (C=O) groups excluding carboxylic acids is 1. The molecule has 1 aliphatic heterocycles. The van der Waals surface area contributed by atoms with Gasteiger partial charge in [0.1, 0.15) is 4.99 Å². The molecule has 18 heavy (non-hydrogen) atoms. The fraction of sp³-hybridized carbons (Fsp3) is 0.0769. The second-order valence-corrected chi connectivity index (χ2v) is 4.09. The molecule has 0 saturated carbocycles. The third kappa shape index (κ3) is 2.62. The number of nitrogens with one attached hydrogen (secondary N) is 1. The van der Waals surface area contributed by atoms with Crippen LogP contribution in [0.4, 0.5) is 4.39 Å². The third-order valence-electron chi connectivity index (χ3n) is 2.41. The second-order valence-electron chi connectivity index (χ2n) is 3.65. The van der Waals surface area contributed by atoms with Gasteiger partial charge in [-0.05, 0) is 35.9 Å². The van der Waals surface area contributed by atoms with Gasteiger partial charge in [-0.3, -0.25) is 4.79 Å². The summed E-state index contributed by atoms with van der Waals surface area (Å²) >= 11 is 4.83. The summed E-state index contributed by atoms with van der Waals surface area (Å²) in [6.07, 6.45) is 4.79. The van der Waals surface area contributed by atoms with E-state index < -0.39 is 5.82 Å². The van der Waals surface area contributed by atoms with Crippen LogP contribution in [0.15, 0.2) is 35.9 Å². The monoisotopic (exact) mass is 263 g/mol. The molecule has 0 fully saturated rings. The quantitative estimate of drug-likeness (QED) is 0.657. The average Bonchev–Trinajstić information content (AvgIpc) is 2.33. The number of amides is 1. The van der Waals surface area contributed by atoms with Gasteiger partial charge in [-0.25, -0.2) is 4.39 Å². The van der Waals surface area contributed by atoms with Crippen LogP contribution in [-0.4, -0.2) is 18.0 Å². The lowest BCUT2D eigenvalue weighted by Gasteiger charge is -2.10. The van der Waals surface area contributed by atoms with Gasteiger partial charge in [-0.15, -0.1) is 0 Å². The van der Waals surface area contributed by atoms with E-state index in [0.717, 1.165) is 0 Å². The van der Waals surface area contributed by atoms with E-state index in [2.05, 4.69) is 5.32 Å². The first-order valence-corrected chi connectivity index (χ1v) is 5.59. The van der Waals surface area contributed by atoms with Crippen LogP contribution in [0, 0.1) is 5.82 Å². The van der Waals surface area contributed by atoms with Gasteiger partial charge in [0, 0.05) is 5.57 Å². The maximum absolute atomic E-state index is 13.5. The van der Waals surface area contributed by atoms with E-state index in [-0.39, 0.29) is 11.7 Å². The van der Waals surface area contributed by atoms with Crippen molar-refractivity contribution in [2.75, 3.05) is 7.11 Å². The highest BCUT2D eigenvalue weighted by Gasteiger charge is 2.12. The Labute approximate surface area is 109 Å². The van der Waals surface area contributed by atoms with Gasteiger partial charge in [0.15, 0.2) is 11.6 Å². The molecule has 0 radical (unpaired) electrons. The largest absolute Gasteiger partial charge is 0.494 e. The molecule has 1 aliphatic rings. The summed E-state index contributed by atoms with van der Waals surface area (Å²) in [5.74, 6) is -0.594. The van der Waals surface area contributed by atoms with Crippen molar-refractivity contribution >= 4 is 29.2 Å². The predicted octanol–water partition coefficient (Wildman–Crippen LogP) is 2.23. The maximum Gasteiger partial charge on any atom is 0.256 e.